The van der Waals surface area contributed by atoms with Crippen LogP contribution in [-0.4, -0.2) is 16.0 Å². The molecule has 4 nitrogen and oxygen atoms in total. The predicted octanol–water partition coefficient (Wildman–Crippen LogP) is 3.43. The Morgan fingerprint density at radius 3 is 2.78 bits per heavy atom. The van der Waals surface area contributed by atoms with Gasteiger partial charge in [0.05, 0.1) is 29.6 Å². The lowest BCUT2D eigenvalue weighted by molar-refractivity contribution is -0.141. The monoisotopic (exact) mass is 338 g/mol. The van der Waals surface area contributed by atoms with Crippen molar-refractivity contribution in [1.29, 1.82) is 0 Å². The fraction of sp³-hybridized carbons (Fsp3) is 0.250. The predicted molar refractivity (Wildman–Crippen MR) is 81.4 cm³/mol. The highest BCUT2D eigenvalue weighted by molar-refractivity contribution is 6.30. The van der Waals surface area contributed by atoms with E-state index >= 15 is 0 Å². The maximum Gasteiger partial charge on any atom is 0.352 e. The fourth-order valence-corrected chi connectivity index (χ4v) is 2.89. The number of pyridine rings is 1. The lowest BCUT2D eigenvalue weighted by atomic mass is 9.98. The quantitative estimate of drug-likeness (QED) is 0.933. The number of hydrogen-bond donors (Lipinski definition) is 1. The fourth-order valence-electron chi connectivity index (χ4n) is 2.71. The summed E-state index contributed by atoms with van der Waals surface area (Å²) in [6, 6.07) is 7.44. The Hall–Kier alpha value is -2.05. The molecule has 1 aliphatic rings. The summed E-state index contributed by atoms with van der Waals surface area (Å²) in [5.41, 5.74) is 0.0848. The molecule has 0 aliphatic carbocycles. The van der Waals surface area contributed by atoms with Gasteiger partial charge in [-0.15, -0.1) is 0 Å². The van der Waals surface area contributed by atoms with Gasteiger partial charge in [0.2, 0.25) is 0 Å². The third-order valence-electron chi connectivity index (χ3n) is 3.74. The van der Waals surface area contributed by atoms with Crippen LogP contribution in [-0.2, 0) is 17.3 Å². The number of aliphatic hydroxyl groups is 1. The van der Waals surface area contributed by atoms with E-state index in [0.29, 0.717) is 10.7 Å². The molecule has 2 heterocycles. The molecular weight excluding hydrogens is 326 g/mol. The van der Waals surface area contributed by atoms with E-state index in [4.69, 9.17) is 11.6 Å². The van der Waals surface area contributed by atoms with Crippen molar-refractivity contribution in [1.82, 2.24) is 4.98 Å². The Morgan fingerprint density at radius 2 is 2.13 bits per heavy atom. The number of amides is 1. The number of aliphatic hydroxyl groups excluding tert-OH is 1. The van der Waals surface area contributed by atoms with Crippen molar-refractivity contribution in [3.05, 3.63) is 58.4 Å². The molecule has 2 aromatic rings. The van der Waals surface area contributed by atoms with Gasteiger partial charge in [0.15, 0.2) is 0 Å². The number of halogens is 3. The zero-order chi connectivity index (χ0) is 16.8. The summed E-state index contributed by atoms with van der Waals surface area (Å²) < 4.78 is 28.9. The highest BCUT2D eigenvalue weighted by Crippen LogP contribution is 2.47. The number of carbonyl (C=O) groups is 1. The van der Waals surface area contributed by atoms with Crippen molar-refractivity contribution < 1.29 is 18.7 Å². The first-order chi connectivity index (χ1) is 10.8. The van der Waals surface area contributed by atoms with Gasteiger partial charge in [-0.2, -0.15) is 8.78 Å². The number of fused-ring (bicyclic) bond motifs is 1. The molecule has 0 saturated carbocycles. The second kappa shape index (κ2) is 5.54. The van der Waals surface area contributed by atoms with Gasteiger partial charge in [0, 0.05) is 11.2 Å². The normalized spacial score (nSPS) is 17.3. The minimum absolute atomic E-state index is 0.0439. The van der Waals surface area contributed by atoms with Crippen molar-refractivity contribution in [2.24, 2.45) is 0 Å². The van der Waals surface area contributed by atoms with Crippen molar-refractivity contribution in [2.75, 3.05) is 4.90 Å². The molecule has 1 aliphatic heterocycles. The summed E-state index contributed by atoms with van der Waals surface area (Å²) >= 11 is 5.87. The zero-order valence-electron chi connectivity index (χ0n) is 12.1. The van der Waals surface area contributed by atoms with Crippen LogP contribution in [0, 0.1) is 0 Å². The molecule has 0 unspecified atom stereocenters. The van der Waals surface area contributed by atoms with Crippen molar-refractivity contribution >= 4 is 23.2 Å². The molecule has 1 N–H and O–H groups in total. The lowest BCUT2D eigenvalue weighted by Gasteiger charge is -2.17. The molecule has 0 bridgehead atoms. The SMILES string of the molecule is C[C@H](O)c1cccc2c1C(F)(F)C(=O)N2Cc1cc(Cl)ccn1. The second-order valence-electron chi connectivity index (χ2n) is 5.35. The van der Waals surface area contributed by atoms with E-state index in [-0.39, 0.29) is 17.8 Å². The Kier molecular flexibility index (Phi) is 3.82. The molecule has 0 fully saturated rings. The average molecular weight is 339 g/mol. The van der Waals surface area contributed by atoms with Gasteiger partial charge in [-0.1, -0.05) is 23.7 Å². The lowest BCUT2D eigenvalue weighted by Crippen LogP contribution is -2.34. The number of benzene rings is 1. The molecule has 0 spiro atoms. The molecule has 7 heteroatoms. The minimum atomic E-state index is -3.68. The maximum absolute atomic E-state index is 14.4. The number of rotatable bonds is 3. The van der Waals surface area contributed by atoms with Crippen molar-refractivity contribution in [3.8, 4) is 0 Å². The number of hydrogen-bond acceptors (Lipinski definition) is 3. The first-order valence-corrected chi connectivity index (χ1v) is 7.32. The van der Waals surface area contributed by atoms with E-state index in [2.05, 4.69) is 4.98 Å². The molecule has 1 amide bonds. The highest BCUT2D eigenvalue weighted by atomic mass is 35.5. The van der Waals surface area contributed by atoms with Crippen LogP contribution in [0.4, 0.5) is 14.5 Å². The Bertz CT molecular complexity index is 780. The molecule has 1 atom stereocenters. The van der Waals surface area contributed by atoms with Crippen LogP contribution in [0.5, 0.6) is 0 Å². The second-order valence-corrected chi connectivity index (χ2v) is 5.78. The Morgan fingerprint density at radius 1 is 1.39 bits per heavy atom. The molecule has 1 aromatic carbocycles. The molecule has 0 radical (unpaired) electrons. The van der Waals surface area contributed by atoms with Crippen LogP contribution >= 0.6 is 11.6 Å². The van der Waals surface area contributed by atoms with Crippen LogP contribution in [0.3, 0.4) is 0 Å². The van der Waals surface area contributed by atoms with Crippen LogP contribution in [0.25, 0.3) is 0 Å². The smallest absolute Gasteiger partial charge is 0.352 e. The zero-order valence-corrected chi connectivity index (χ0v) is 12.9. The molecule has 0 saturated heterocycles. The van der Waals surface area contributed by atoms with Gasteiger partial charge in [-0.05, 0) is 30.7 Å². The summed E-state index contributed by atoms with van der Waals surface area (Å²) in [6.07, 6.45) is 0.344. The summed E-state index contributed by atoms with van der Waals surface area (Å²) in [4.78, 5) is 17.2. The van der Waals surface area contributed by atoms with Crippen LogP contribution in [0.1, 0.15) is 29.8 Å². The van der Waals surface area contributed by atoms with Crippen molar-refractivity contribution in [3.63, 3.8) is 0 Å². The van der Waals surface area contributed by atoms with E-state index in [9.17, 15) is 18.7 Å². The average Bonchev–Trinajstić information content (AvgIpc) is 2.68. The molecule has 1 aromatic heterocycles. The standard InChI is InChI=1S/C16H13ClF2N2O2/c1-9(22)12-3-2-4-13-14(12)16(18,19)15(23)21(13)8-11-7-10(17)5-6-20-11/h2-7,9,22H,8H2,1H3/t9-/m0/s1. The Balaban J connectivity index is 2.08. The summed E-state index contributed by atoms with van der Waals surface area (Å²) in [7, 11) is 0. The van der Waals surface area contributed by atoms with Crippen LogP contribution in [0.2, 0.25) is 5.02 Å². The summed E-state index contributed by atoms with van der Waals surface area (Å²) in [6.45, 7) is 1.27. The van der Waals surface area contributed by atoms with Gasteiger partial charge in [-0.3, -0.25) is 9.78 Å². The number of alkyl halides is 2. The topological polar surface area (TPSA) is 53.4 Å². The van der Waals surface area contributed by atoms with Gasteiger partial charge < -0.3 is 10.0 Å². The van der Waals surface area contributed by atoms with E-state index in [1.54, 1.807) is 6.07 Å². The van der Waals surface area contributed by atoms with Crippen LogP contribution < -0.4 is 4.90 Å². The number of anilines is 1. The van der Waals surface area contributed by atoms with E-state index in [1.165, 1.54) is 37.4 Å². The maximum atomic E-state index is 14.4. The highest BCUT2D eigenvalue weighted by Gasteiger charge is 2.54. The van der Waals surface area contributed by atoms with Gasteiger partial charge >= 0.3 is 11.8 Å². The third kappa shape index (κ3) is 2.58. The number of carbonyl (C=O) groups excluding carboxylic acids is 1. The molecular formula is C16H13ClF2N2O2. The molecule has 120 valence electrons. The number of nitrogens with zero attached hydrogens (tertiary/aromatic N) is 2. The van der Waals surface area contributed by atoms with E-state index in [1.807, 2.05) is 0 Å². The molecule has 23 heavy (non-hydrogen) atoms. The third-order valence-corrected chi connectivity index (χ3v) is 3.98. The summed E-state index contributed by atoms with van der Waals surface area (Å²) in [5.74, 6) is -5.01. The Labute approximate surface area is 136 Å². The first kappa shape index (κ1) is 15.8. The molecule has 3 rings (SSSR count). The van der Waals surface area contributed by atoms with E-state index < -0.39 is 23.5 Å². The number of aromatic nitrogens is 1. The first-order valence-electron chi connectivity index (χ1n) is 6.94. The van der Waals surface area contributed by atoms with Gasteiger partial charge in [0.1, 0.15) is 0 Å². The van der Waals surface area contributed by atoms with Gasteiger partial charge in [0.25, 0.3) is 0 Å². The summed E-state index contributed by atoms with van der Waals surface area (Å²) in [5, 5.41) is 10.1. The van der Waals surface area contributed by atoms with Crippen LogP contribution in [0.15, 0.2) is 36.5 Å². The van der Waals surface area contributed by atoms with Crippen molar-refractivity contribution in [2.45, 2.75) is 25.5 Å². The van der Waals surface area contributed by atoms with Gasteiger partial charge in [-0.25, -0.2) is 0 Å². The largest absolute Gasteiger partial charge is 0.389 e. The van der Waals surface area contributed by atoms with E-state index in [0.717, 1.165) is 4.90 Å². The minimum Gasteiger partial charge on any atom is -0.389 e.